The molecule has 0 aromatic rings. The van der Waals surface area contributed by atoms with Gasteiger partial charge in [0.25, 0.3) is 0 Å². The predicted octanol–water partition coefficient (Wildman–Crippen LogP) is -0.181. The first kappa shape index (κ1) is 7.21. The van der Waals surface area contributed by atoms with Crippen LogP contribution in [0.2, 0.25) is 0 Å². The summed E-state index contributed by atoms with van der Waals surface area (Å²) in [5.41, 5.74) is 0. The van der Waals surface area contributed by atoms with E-state index in [-0.39, 0.29) is 5.78 Å². The van der Waals surface area contributed by atoms with E-state index in [1.54, 1.807) is 0 Å². The highest BCUT2D eigenvalue weighted by molar-refractivity contribution is 6.01. The predicted molar refractivity (Wildman–Crippen MR) is 31.6 cm³/mol. The smallest absolute Gasteiger partial charge is 0.340 e. The molecule has 0 aliphatic carbocycles. The molecule has 1 heterocycles. The van der Waals surface area contributed by atoms with Crippen LogP contribution in [-0.2, 0) is 14.3 Å². The van der Waals surface area contributed by atoms with Crippen molar-refractivity contribution in [2.75, 3.05) is 6.61 Å². The maximum atomic E-state index is 10.7. The van der Waals surface area contributed by atoms with E-state index in [0.29, 0.717) is 19.4 Å². The number of hydrogen-bond donors (Lipinski definition) is 1. The Hall–Kier alpha value is -0.900. The standard InChI is InChI=1S/C6H8O4/c7-4-2-1-3-10-5(4)6(8)9/h5H,1-3H2,(H,8,9). The maximum absolute atomic E-state index is 10.7. The first-order valence-corrected chi connectivity index (χ1v) is 3.09. The molecule has 4 heteroatoms. The zero-order valence-corrected chi connectivity index (χ0v) is 5.37. The van der Waals surface area contributed by atoms with E-state index < -0.39 is 12.1 Å². The Balaban J connectivity index is 2.56. The van der Waals surface area contributed by atoms with Crippen molar-refractivity contribution in [3.8, 4) is 0 Å². The highest BCUT2D eigenvalue weighted by Crippen LogP contribution is 2.08. The Kier molecular flexibility index (Phi) is 2.01. The Labute approximate surface area is 57.8 Å². The lowest BCUT2D eigenvalue weighted by Gasteiger charge is -2.16. The third-order valence-corrected chi connectivity index (χ3v) is 1.37. The zero-order chi connectivity index (χ0) is 7.56. The minimum atomic E-state index is -1.20. The van der Waals surface area contributed by atoms with E-state index in [1.165, 1.54) is 0 Å². The van der Waals surface area contributed by atoms with Gasteiger partial charge in [0.15, 0.2) is 5.78 Å². The Morgan fingerprint density at radius 2 is 2.40 bits per heavy atom. The van der Waals surface area contributed by atoms with Crippen LogP contribution >= 0.6 is 0 Å². The number of Topliss-reactive ketones (excluding diaryl/α,β-unsaturated/α-hetero) is 1. The van der Waals surface area contributed by atoms with Crippen LogP contribution in [0.1, 0.15) is 12.8 Å². The molecule has 0 aromatic carbocycles. The van der Waals surface area contributed by atoms with Crippen LogP contribution in [0.4, 0.5) is 0 Å². The largest absolute Gasteiger partial charge is 0.479 e. The number of ketones is 1. The molecular weight excluding hydrogens is 136 g/mol. The first-order valence-electron chi connectivity index (χ1n) is 3.09. The third kappa shape index (κ3) is 1.33. The lowest BCUT2D eigenvalue weighted by atomic mass is 10.1. The van der Waals surface area contributed by atoms with Crippen molar-refractivity contribution in [3.63, 3.8) is 0 Å². The van der Waals surface area contributed by atoms with Gasteiger partial charge in [0, 0.05) is 13.0 Å². The first-order chi connectivity index (χ1) is 4.72. The quantitative estimate of drug-likeness (QED) is 0.518. The average Bonchev–Trinajstić information content (AvgIpc) is 1.88. The highest BCUT2D eigenvalue weighted by Gasteiger charge is 2.29. The number of carboxylic acids is 1. The van der Waals surface area contributed by atoms with Crippen molar-refractivity contribution in [1.82, 2.24) is 0 Å². The fourth-order valence-corrected chi connectivity index (χ4v) is 0.881. The lowest BCUT2D eigenvalue weighted by Crippen LogP contribution is -2.36. The Morgan fingerprint density at radius 3 is 2.80 bits per heavy atom. The summed E-state index contributed by atoms with van der Waals surface area (Å²) in [6.07, 6.45) is -0.228. The third-order valence-electron chi connectivity index (χ3n) is 1.37. The minimum absolute atomic E-state index is 0.321. The van der Waals surface area contributed by atoms with Gasteiger partial charge in [-0.2, -0.15) is 0 Å². The number of aliphatic carboxylic acids is 1. The van der Waals surface area contributed by atoms with Crippen molar-refractivity contribution in [2.45, 2.75) is 18.9 Å². The van der Waals surface area contributed by atoms with Gasteiger partial charge >= 0.3 is 5.97 Å². The number of ether oxygens (including phenoxy) is 1. The van der Waals surface area contributed by atoms with Crippen molar-refractivity contribution in [1.29, 1.82) is 0 Å². The highest BCUT2D eigenvalue weighted by atomic mass is 16.5. The summed E-state index contributed by atoms with van der Waals surface area (Å²) < 4.78 is 4.70. The van der Waals surface area contributed by atoms with Gasteiger partial charge in [0.05, 0.1) is 0 Å². The van der Waals surface area contributed by atoms with Crippen LogP contribution in [0.25, 0.3) is 0 Å². The summed E-state index contributed by atoms with van der Waals surface area (Å²) in [6.45, 7) is 0.378. The van der Waals surface area contributed by atoms with Gasteiger partial charge in [-0.15, -0.1) is 0 Å². The van der Waals surface area contributed by atoms with Crippen molar-refractivity contribution >= 4 is 11.8 Å². The van der Waals surface area contributed by atoms with Crippen LogP contribution < -0.4 is 0 Å². The maximum Gasteiger partial charge on any atom is 0.340 e. The van der Waals surface area contributed by atoms with E-state index >= 15 is 0 Å². The Morgan fingerprint density at radius 1 is 1.70 bits per heavy atom. The average molecular weight is 144 g/mol. The molecule has 1 N–H and O–H groups in total. The molecule has 1 atom stereocenters. The second kappa shape index (κ2) is 2.79. The van der Waals surface area contributed by atoms with E-state index in [2.05, 4.69) is 0 Å². The van der Waals surface area contributed by atoms with Crippen molar-refractivity contribution in [2.24, 2.45) is 0 Å². The monoisotopic (exact) mass is 144 g/mol. The molecular formula is C6H8O4. The van der Waals surface area contributed by atoms with Crippen LogP contribution in [0, 0.1) is 0 Å². The van der Waals surface area contributed by atoms with Gasteiger partial charge in [0.1, 0.15) is 0 Å². The molecule has 1 rings (SSSR count). The molecule has 0 saturated carbocycles. The molecule has 1 saturated heterocycles. The van der Waals surface area contributed by atoms with Crippen molar-refractivity contribution < 1.29 is 19.4 Å². The molecule has 1 aliphatic heterocycles. The topological polar surface area (TPSA) is 63.6 Å². The normalized spacial score (nSPS) is 26.4. The molecule has 10 heavy (non-hydrogen) atoms. The molecule has 0 spiro atoms. The molecule has 1 aliphatic rings. The van der Waals surface area contributed by atoms with Gasteiger partial charge < -0.3 is 9.84 Å². The summed E-state index contributed by atoms with van der Waals surface area (Å²) in [7, 11) is 0. The lowest BCUT2D eigenvalue weighted by molar-refractivity contribution is -0.159. The number of carbonyl (C=O) groups is 2. The number of hydrogen-bond acceptors (Lipinski definition) is 3. The second-order valence-corrected chi connectivity index (χ2v) is 2.16. The van der Waals surface area contributed by atoms with Gasteiger partial charge in [0.2, 0.25) is 6.10 Å². The number of carbonyl (C=O) groups excluding carboxylic acids is 1. The van der Waals surface area contributed by atoms with Crippen LogP contribution in [0.5, 0.6) is 0 Å². The summed E-state index contributed by atoms with van der Waals surface area (Å²) in [5, 5.41) is 8.36. The van der Waals surface area contributed by atoms with Crippen molar-refractivity contribution in [3.05, 3.63) is 0 Å². The number of rotatable bonds is 1. The molecule has 0 aromatic heterocycles. The van der Waals surface area contributed by atoms with E-state index in [1.807, 2.05) is 0 Å². The van der Waals surface area contributed by atoms with Crippen LogP contribution in [0.15, 0.2) is 0 Å². The fraction of sp³-hybridized carbons (Fsp3) is 0.667. The zero-order valence-electron chi connectivity index (χ0n) is 5.37. The SMILES string of the molecule is O=C(O)C1OCCCC1=O. The molecule has 56 valence electrons. The molecule has 0 bridgehead atoms. The summed E-state index contributed by atoms with van der Waals surface area (Å²) >= 11 is 0. The van der Waals surface area contributed by atoms with Gasteiger partial charge in [-0.25, -0.2) is 4.79 Å². The summed E-state index contributed by atoms with van der Waals surface area (Å²) in [6, 6.07) is 0. The summed E-state index contributed by atoms with van der Waals surface area (Å²) in [4.78, 5) is 20.9. The molecule has 4 nitrogen and oxygen atoms in total. The molecule has 1 fully saturated rings. The van der Waals surface area contributed by atoms with E-state index in [4.69, 9.17) is 9.84 Å². The van der Waals surface area contributed by atoms with Crippen LogP contribution in [0.3, 0.4) is 0 Å². The van der Waals surface area contributed by atoms with Gasteiger partial charge in [-0.1, -0.05) is 0 Å². The Bertz CT molecular complexity index is 163. The van der Waals surface area contributed by atoms with Crippen LogP contribution in [-0.4, -0.2) is 29.6 Å². The van der Waals surface area contributed by atoms with E-state index in [9.17, 15) is 9.59 Å². The van der Waals surface area contributed by atoms with Gasteiger partial charge in [-0.05, 0) is 6.42 Å². The van der Waals surface area contributed by atoms with Gasteiger partial charge in [-0.3, -0.25) is 4.79 Å². The summed E-state index contributed by atoms with van der Waals surface area (Å²) in [5.74, 6) is -1.50. The molecule has 1 unspecified atom stereocenters. The minimum Gasteiger partial charge on any atom is -0.479 e. The second-order valence-electron chi connectivity index (χ2n) is 2.16. The van der Waals surface area contributed by atoms with E-state index in [0.717, 1.165) is 0 Å². The molecule has 0 radical (unpaired) electrons. The fourth-order valence-electron chi connectivity index (χ4n) is 0.881. The molecule has 0 amide bonds. The number of carboxylic acid groups (broad SMARTS) is 1.